The Balaban J connectivity index is 1.32. The van der Waals surface area contributed by atoms with Crippen molar-refractivity contribution in [3.63, 3.8) is 0 Å². The molecule has 0 unspecified atom stereocenters. The number of halogens is 2. The number of nitrogens with one attached hydrogen (secondary N) is 1. The van der Waals surface area contributed by atoms with Crippen molar-refractivity contribution < 1.29 is 18.4 Å². The van der Waals surface area contributed by atoms with Crippen LogP contribution >= 0.6 is 11.3 Å². The van der Waals surface area contributed by atoms with Gasteiger partial charge in [0.25, 0.3) is 5.91 Å². The van der Waals surface area contributed by atoms with E-state index < -0.39 is 17.5 Å². The molecule has 1 saturated heterocycles. The molecule has 1 aliphatic rings. The maximum Gasteiger partial charge on any atom is 0.286 e. The number of aryl methyl sites for hydroxylation is 1. The molecule has 0 radical (unpaired) electrons. The first-order valence-electron chi connectivity index (χ1n) is 10.3. The van der Waals surface area contributed by atoms with Crippen LogP contribution in [0.25, 0.3) is 0 Å². The molecule has 0 aliphatic carbocycles. The van der Waals surface area contributed by atoms with Gasteiger partial charge in [0.2, 0.25) is 10.9 Å². The summed E-state index contributed by atoms with van der Waals surface area (Å²) < 4.78 is 26.8. The Morgan fingerprint density at radius 2 is 1.81 bits per heavy atom. The predicted molar refractivity (Wildman–Crippen MR) is 118 cm³/mol. The lowest BCUT2D eigenvalue weighted by molar-refractivity contribution is -0.131. The minimum absolute atomic E-state index is 0.103. The van der Waals surface area contributed by atoms with E-state index in [4.69, 9.17) is 0 Å². The topological polar surface area (TPSA) is 75.2 Å². The molecule has 1 N–H and O–H groups in total. The van der Waals surface area contributed by atoms with Gasteiger partial charge in [-0.1, -0.05) is 41.2 Å². The second-order valence-electron chi connectivity index (χ2n) is 7.84. The maximum atomic E-state index is 13.8. The van der Waals surface area contributed by atoms with Gasteiger partial charge < -0.3 is 10.2 Å². The zero-order valence-corrected chi connectivity index (χ0v) is 18.3. The van der Waals surface area contributed by atoms with Crippen LogP contribution in [0.5, 0.6) is 0 Å². The van der Waals surface area contributed by atoms with Crippen LogP contribution in [0.1, 0.15) is 44.7 Å². The Labute approximate surface area is 188 Å². The van der Waals surface area contributed by atoms with Gasteiger partial charge in [-0.25, -0.2) is 8.78 Å². The van der Waals surface area contributed by atoms with Gasteiger partial charge in [-0.15, -0.1) is 10.2 Å². The van der Waals surface area contributed by atoms with Crippen molar-refractivity contribution in [2.45, 2.75) is 32.1 Å². The van der Waals surface area contributed by atoms with E-state index in [9.17, 15) is 18.4 Å². The summed E-state index contributed by atoms with van der Waals surface area (Å²) in [5.41, 5.74) is 2.04. The summed E-state index contributed by atoms with van der Waals surface area (Å²) in [6.07, 6.45) is 1.86. The molecule has 2 aromatic carbocycles. The predicted octanol–water partition coefficient (Wildman–Crippen LogP) is 4.33. The van der Waals surface area contributed by atoms with Crippen LogP contribution in [0.4, 0.5) is 14.5 Å². The molecular formula is C23H22F2N4O2S. The summed E-state index contributed by atoms with van der Waals surface area (Å²) >= 11 is 1.16. The number of likely N-dealkylation sites (tertiary alicyclic amines) is 1. The Morgan fingerprint density at radius 1 is 1.09 bits per heavy atom. The van der Waals surface area contributed by atoms with Gasteiger partial charge in [0.15, 0.2) is 0 Å². The third-order valence-electron chi connectivity index (χ3n) is 5.49. The first kappa shape index (κ1) is 22.0. The largest absolute Gasteiger partial charge is 0.342 e. The summed E-state index contributed by atoms with van der Waals surface area (Å²) in [6.45, 7) is 3.26. The number of amides is 2. The van der Waals surface area contributed by atoms with E-state index in [-0.39, 0.29) is 22.5 Å². The number of anilines is 1. The second-order valence-corrected chi connectivity index (χ2v) is 8.85. The monoisotopic (exact) mass is 456 g/mol. The van der Waals surface area contributed by atoms with Crippen molar-refractivity contribution in [3.8, 4) is 0 Å². The zero-order chi connectivity index (χ0) is 22.7. The molecule has 4 rings (SSSR count). The van der Waals surface area contributed by atoms with Crippen molar-refractivity contribution in [1.29, 1.82) is 0 Å². The van der Waals surface area contributed by atoms with E-state index in [0.717, 1.165) is 52.4 Å². The highest BCUT2D eigenvalue weighted by atomic mass is 32.1. The number of hydrogen-bond acceptors (Lipinski definition) is 5. The standard InChI is InChI=1S/C23H22F2N4O2S/c1-14-2-4-15(5-3-14)12-20(30)29-10-8-16(9-11-29)22-27-28-23(32-22)21(31)26-19-7-6-17(24)13-18(19)25/h2-7,13,16H,8-12H2,1H3,(H,26,31). The number of nitrogens with zero attached hydrogens (tertiary/aromatic N) is 3. The highest BCUT2D eigenvalue weighted by Crippen LogP contribution is 2.30. The van der Waals surface area contributed by atoms with Crippen molar-refractivity contribution in [3.05, 3.63) is 75.2 Å². The normalized spacial score (nSPS) is 14.4. The quantitative estimate of drug-likeness (QED) is 0.620. The first-order valence-corrected chi connectivity index (χ1v) is 11.1. The van der Waals surface area contributed by atoms with E-state index >= 15 is 0 Å². The Morgan fingerprint density at radius 3 is 2.50 bits per heavy atom. The van der Waals surface area contributed by atoms with E-state index in [1.54, 1.807) is 0 Å². The minimum atomic E-state index is -0.856. The summed E-state index contributed by atoms with van der Waals surface area (Å²) in [5.74, 6) is -1.95. The minimum Gasteiger partial charge on any atom is -0.342 e. The van der Waals surface area contributed by atoms with E-state index in [1.165, 1.54) is 0 Å². The highest BCUT2D eigenvalue weighted by molar-refractivity contribution is 7.13. The molecule has 0 bridgehead atoms. The molecule has 32 heavy (non-hydrogen) atoms. The maximum absolute atomic E-state index is 13.8. The van der Waals surface area contributed by atoms with Crippen molar-refractivity contribution in [2.24, 2.45) is 0 Å². The number of hydrogen-bond donors (Lipinski definition) is 1. The Hall–Kier alpha value is -3.20. The molecular weight excluding hydrogens is 434 g/mol. The van der Waals surface area contributed by atoms with Crippen molar-refractivity contribution >= 4 is 28.8 Å². The van der Waals surface area contributed by atoms with Gasteiger partial charge in [0.1, 0.15) is 16.6 Å². The number of carbonyl (C=O) groups is 2. The Bertz CT molecular complexity index is 1130. The average Bonchev–Trinajstić information content (AvgIpc) is 3.28. The third-order valence-corrected chi connectivity index (χ3v) is 6.57. The fourth-order valence-electron chi connectivity index (χ4n) is 3.63. The average molecular weight is 457 g/mol. The lowest BCUT2D eigenvalue weighted by atomic mass is 9.97. The number of rotatable bonds is 5. The molecule has 9 heteroatoms. The number of benzene rings is 2. The molecule has 3 aromatic rings. The van der Waals surface area contributed by atoms with Crippen LogP contribution in [-0.4, -0.2) is 40.0 Å². The van der Waals surface area contributed by atoms with Gasteiger partial charge >= 0.3 is 0 Å². The van der Waals surface area contributed by atoms with Gasteiger partial charge in [-0.05, 0) is 37.5 Å². The van der Waals surface area contributed by atoms with E-state index in [2.05, 4.69) is 15.5 Å². The summed E-state index contributed by atoms with van der Waals surface area (Å²) in [5, 5.41) is 11.3. The molecule has 1 aliphatic heterocycles. The summed E-state index contributed by atoms with van der Waals surface area (Å²) in [4.78, 5) is 26.8. The zero-order valence-electron chi connectivity index (χ0n) is 17.5. The van der Waals surface area contributed by atoms with Gasteiger partial charge in [-0.3, -0.25) is 9.59 Å². The van der Waals surface area contributed by atoms with Crippen LogP contribution in [0, 0.1) is 18.6 Å². The lowest BCUT2D eigenvalue weighted by Gasteiger charge is -2.31. The fourth-order valence-corrected chi connectivity index (χ4v) is 4.53. The molecule has 166 valence electrons. The van der Waals surface area contributed by atoms with Crippen LogP contribution in [0.2, 0.25) is 0 Å². The van der Waals surface area contributed by atoms with E-state index in [0.29, 0.717) is 25.6 Å². The lowest BCUT2D eigenvalue weighted by Crippen LogP contribution is -2.38. The van der Waals surface area contributed by atoms with Gasteiger partial charge in [-0.2, -0.15) is 0 Å². The number of aromatic nitrogens is 2. The fraction of sp³-hybridized carbons (Fsp3) is 0.304. The van der Waals surface area contributed by atoms with Gasteiger partial charge in [0.05, 0.1) is 12.1 Å². The van der Waals surface area contributed by atoms with E-state index in [1.807, 2.05) is 36.1 Å². The molecule has 1 fully saturated rings. The van der Waals surface area contributed by atoms with Crippen LogP contribution < -0.4 is 5.32 Å². The van der Waals surface area contributed by atoms with Crippen LogP contribution in [0.3, 0.4) is 0 Å². The molecule has 0 atom stereocenters. The second kappa shape index (κ2) is 9.52. The van der Waals surface area contributed by atoms with Crippen LogP contribution in [-0.2, 0) is 11.2 Å². The van der Waals surface area contributed by atoms with Crippen molar-refractivity contribution in [1.82, 2.24) is 15.1 Å². The summed E-state index contributed by atoms with van der Waals surface area (Å²) in [6, 6.07) is 10.9. The highest BCUT2D eigenvalue weighted by Gasteiger charge is 2.27. The molecule has 0 saturated carbocycles. The molecule has 6 nitrogen and oxygen atoms in total. The number of piperidine rings is 1. The molecule has 2 amide bonds. The van der Waals surface area contributed by atoms with Gasteiger partial charge in [0, 0.05) is 25.1 Å². The molecule has 2 heterocycles. The Kier molecular flexibility index (Phi) is 6.55. The SMILES string of the molecule is Cc1ccc(CC(=O)N2CCC(c3nnc(C(=O)Nc4ccc(F)cc4F)s3)CC2)cc1. The van der Waals surface area contributed by atoms with Crippen molar-refractivity contribution in [2.75, 3.05) is 18.4 Å². The number of carbonyl (C=O) groups excluding carboxylic acids is 2. The first-order chi connectivity index (χ1) is 15.4. The third kappa shape index (κ3) is 5.16. The van der Waals surface area contributed by atoms with Crippen LogP contribution in [0.15, 0.2) is 42.5 Å². The molecule has 0 spiro atoms. The molecule has 1 aromatic heterocycles. The smallest absolute Gasteiger partial charge is 0.286 e. The summed E-state index contributed by atoms with van der Waals surface area (Å²) in [7, 11) is 0.